The number of methoxy groups -OCH3 is 2. The van der Waals surface area contributed by atoms with E-state index in [4.69, 9.17) is 21.1 Å². The molecule has 2 N–H and O–H groups in total. The molecule has 156 valence electrons. The molecule has 30 heavy (non-hydrogen) atoms. The topological polar surface area (TPSA) is 106 Å². The Morgan fingerprint density at radius 1 is 1.13 bits per heavy atom. The Labute approximate surface area is 182 Å². The molecule has 0 bridgehead atoms. The normalized spacial score (nSPS) is 10.5. The van der Waals surface area contributed by atoms with Crippen molar-refractivity contribution in [3.63, 3.8) is 0 Å². The number of halogens is 1. The van der Waals surface area contributed by atoms with Gasteiger partial charge in [0.05, 0.1) is 25.7 Å². The van der Waals surface area contributed by atoms with Crippen LogP contribution in [0.5, 0.6) is 11.5 Å². The average molecular weight is 447 g/mol. The molecule has 0 unspecified atom stereocenters. The van der Waals surface area contributed by atoms with Crippen molar-refractivity contribution in [2.24, 2.45) is 0 Å². The van der Waals surface area contributed by atoms with Gasteiger partial charge in [-0.3, -0.25) is 14.6 Å². The number of amides is 1. The predicted molar refractivity (Wildman–Crippen MR) is 116 cm³/mol. The zero-order valence-corrected chi connectivity index (χ0v) is 17.8. The molecule has 2 aromatic carbocycles. The lowest BCUT2D eigenvalue weighted by Crippen LogP contribution is -2.19. The highest BCUT2D eigenvalue weighted by Gasteiger charge is 2.12. The smallest absolute Gasteiger partial charge is 0.273 e. The predicted octanol–water partition coefficient (Wildman–Crippen LogP) is 3.16. The summed E-state index contributed by atoms with van der Waals surface area (Å²) in [7, 11) is 3.05. The lowest BCUT2D eigenvalue weighted by atomic mass is 10.1. The SMILES string of the molecule is COc1ccc(OC)c(NC(=O)CSc2nnc(Cc3ccc(Cl)cc3)c(=O)[nH]2)c1. The Morgan fingerprint density at radius 2 is 1.90 bits per heavy atom. The second kappa shape index (κ2) is 10.1. The zero-order chi connectivity index (χ0) is 21.5. The molecule has 1 heterocycles. The molecule has 3 aromatic rings. The number of nitrogens with zero attached hydrogens (tertiary/aromatic N) is 2. The summed E-state index contributed by atoms with van der Waals surface area (Å²) < 4.78 is 10.4. The van der Waals surface area contributed by atoms with Crippen molar-refractivity contribution in [1.29, 1.82) is 0 Å². The van der Waals surface area contributed by atoms with Gasteiger partial charge < -0.3 is 14.8 Å². The molecule has 0 aliphatic heterocycles. The third-order valence-corrected chi connectivity index (χ3v) is 5.17. The van der Waals surface area contributed by atoms with E-state index in [1.807, 2.05) is 12.1 Å². The molecule has 0 fully saturated rings. The lowest BCUT2D eigenvalue weighted by molar-refractivity contribution is -0.113. The summed E-state index contributed by atoms with van der Waals surface area (Å²) in [4.78, 5) is 27.2. The van der Waals surface area contributed by atoms with Crippen LogP contribution in [0.15, 0.2) is 52.4 Å². The van der Waals surface area contributed by atoms with E-state index in [1.54, 1.807) is 30.3 Å². The summed E-state index contributed by atoms with van der Waals surface area (Å²) in [6.07, 6.45) is 0.334. The molecule has 1 aromatic heterocycles. The van der Waals surface area contributed by atoms with Gasteiger partial charge in [-0.2, -0.15) is 0 Å². The number of nitrogens with one attached hydrogen (secondary N) is 2. The van der Waals surface area contributed by atoms with Crippen LogP contribution in [-0.2, 0) is 11.2 Å². The number of ether oxygens (including phenoxy) is 2. The molecular weight excluding hydrogens is 428 g/mol. The maximum atomic E-state index is 12.3. The fourth-order valence-electron chi connectivity index (χ4n) is 2.55. The number of carbonyl (C=O) groups is 1. The van der Waals surface area contributed by atoms with E-state index in [9.17, 15) is 9.59 Å². The molecule has 0 aliphatic rings. The quantitative estimate of drug-likeness (QED) is 0.512. The van der Waals surface area contributed by atoms with Crippen molar-refractivity contribution < 1.29 is 14.3 Å². The Morgan fingerprint density at radius 3 is 2.57 bits per heavy atom. The molecule has 3 rings (SSSR count). The van der Waals surface area contributed by atoms with Crippen LogP contribution >= 0.6 is 23.4 Å². The van der Waals surface area contributed by atoms with Gasteiger partial charge >= 0.3 is 0 Å². The van der Waals surface area contributed by atoms with Gasteiger partial charge in [0.15, 0.2) is 5.16 Å². The molecular formula is C20H19ClN4O4S. The van der Waals surface area contributed by atoms with Gasteiger partial charge in [0, 0.05) is 17.5 Å². The van der Waals surface area contributed by atoms with Crippen molar-refractivity contribution in [2.75, 3.05) is 25.3 Å². The maximum Gasteiger partial charge on any atom is 0.273 e. The number of carbonyl (C=O) groups excluding carboxylic acids is 1. The summed E-state index contributed by atoms with van der Waals surface area (Å²) in [5.74, 6) is 0.834. The first-order valence-electron chi connectivity index (χ1n) is 8.83. The molecule has 8 nitrogen and oxygen atoms in total. The fraction of sp³-hybridized carbons (Fsp3) is 0.200. The number of hydrogen-bond acceptors (Lipinski definition) is 7. The first-order valence-corrected chi connectivity index (χ1v) is 10.2. The molecule has 1 amide bonds. The van der Waals surface area contributed by atoms with Gasteiger partial charge in [-0.25, -0.2) is 0 Å². The van der Waals surface area contributed by atoms with Crippen molar-refractivity contribution in [2.45, 2.75) is 11.6 Å². The van der Waals surface area contributed by atoms with Crippen molar-refractivity contribution in [3.05, 3.63) is 69.1 Å². The van der Waals surface area contributed by atoms with Crippen LogP contribution in [0, 0.1) is 0 Å². The molecule has 0 saturated heterocycles. The van der Waals surface area contributed by atoms with Crippen LogP contribution in [0.25, 0.3) is 0 Å². The van der Waals surface area contributed by atoms with Gasteiger partial charge in [0.2, 0.25) is 5.91 Å². The van der Waals surface area contributed by atoms with Crippen LogP contribution in [0.4, 0.5) is 5.69 Å². The summed E-state index contributed by atoms with van der Waals surface area (Å²) in [5, 5.41) is 11.6. The number of benzene rings is 2. The number of H-pyrrole nitrogens is 1. The summed E-state index contributed by atoms with van der Waals surface area (Å²) in [6.45, 7) is 0. The summed E-state index contributed by atoms with van der Waals surface area (Å²) >= 11 is 6.94. The molecule has 0 spiro atoms. The molecule has 0 radical (unpaired) electrons. The molecule has 10 heteroatoms. The van der Waals surface area contributed by atoms with Gasteiger partial charge in [-0.1, -0.05) is 35.5 Å². The van der Waals surface area contributed by atoms with Crippen molar-refractivity contribution in [1.82, 2.24) is 15.2 Å². The Kier molecular flexibility index (Phi) is 7.31. The van der Waals surface area contributed by atoms with Gasteiger partial charge in [-0.05, 0) is 29.8 Å². The minimum atomic E-state index is -0.350. The highest BCUT2D eigenvalue weighted by molar-refractivity contribution is 7.99. The Balaban J connectivity index is 1.60. The lowest BCUT2D eigenvalue weighted by Gasteiger charge is -2.11. The number of aromatic amines is 1. The zero-order valence-electron chi connectivity index (χ0n) is 16.3. The van der Waals surface area contributed by atoms with Crippen LogP contribution in [0.2, 0.25) is 5.02 Å². The van der Waals surface area contributed by atoms with E-state index in [0.29, 0.717) is 28.6 Å². The fourth-order valence-corrected chi connectivity index (χ4v) is 3.28. The average Bonchev–Trinajstić information content (AvgIpc) is 2.75. The number of rotatable bonds is 8. The first-order chi connectivity index (χ1) is 14.5. The van der Waals surface area contributed by atoms with E-state index in [2.05, 4.69) is 20.5 Å². The van der Waals surface area contributed by atoms with Gasteiger partial charge in [0.1, 0.15) is 17.2 Å². The second-order valence-electron chi connectivity index (χ2n) is 6.11. The third-order valence-electron chi connectivity index (χ3n) is 4.05. The van der Waals surface area contributed by atoms with Crippen LogP contribution in [0.3, 0.4) is 0 Å². The second-order valence-corrected chi connectivity index (χ2v) is 7.51. The van der Waals surface area contributed by atoms with E-state index in [1.165, 1.54) is 14.2 Å². The molecule has 0 aliphatic carbocycles. The minimum absolute atomic E-state index is 0.0293. The number of aromatic nitrogens is 3. The standard InChI is InChI=1S/C20H19ClN4O4S/c1-28-14-7-8-17(29-2)15(10-14)22-18(26)11-30-20-23-19(27)16(24-25-20)9-12-3-5-13(21)6-4-12/h3-8,10H,9,11H2,1-2H3,(H,22,26)(H,23,25,27). The van der Waals surface area contributed by atoms with Crippen molar-refractivity contribution in [3.8, 4) is 11.5 Å². The van der Waals surface area contributed by atoms with Crippen molar-refractivity contribution >= 4 is 35.0 Å². The number of thioether (sulfide) groups is 1. The van der Waals surface area contributed by atoms with E-state index in [0.717, 1.165) is 17.3 Å². The Hall–Kier alpha value is -3.04. The summed E-state index contributed by atoms with van der Waals surface area (Å²) in [5.41, 5.74) is 1.32. The van der Waals surface area contributed by atoms with E-state index in [-0.39, 0.29) is 28.1 Å². The Bertz CT molecular complexity index is 1090. The van der Waals surface area contributed by atoms with E-state index >= 15 is 0 Å². The largest absolute Gasteiger partial charge is 0.497 e. The van der Waals surface area contributed by atoms with Crippen LogP contribution in [-0.4, -0.2) is 41.1 Å². The van der Waals surface area contributed by atoms with Gasteiger partial charge in [0.25, 0.3) is 5.56 Å². The van der Waals surface area contributed by atoms with Crippen LogP contribution in [0.1, 0.15) is 11.3 Å². The monoisotopic (exact) mass is 446 g/mol. The molecule has 0 saturated carbocycles. The highest BCUT2D eigenvalue weighted by Crippen LogP contribution is 2.29. The molecule has 0 atom stereocenters. The van der Waals surface area contributed by atoms with E-state index < -0.39 is 0 Å². The minimum Gasteiger partial charge on any atom is -0.497 e. The van der Waals surface area contributed by atoms with Crippen LogP contribution < -0.4 is 20.3 Å². The third kappa shape index (κ3) is 5.74. The highest BCUT2D eigenvalue weighted by atomic mass is 35.5. The van der Waals surface area contributed by atoms with Gasteiger partial charge in [-0.15, -0.1) is 10.2 Å². The number of hydrogen-bond donors (Lipinski definition) is 2. The first kappa shape index (κ1) is 21.7. The summed E-state index contributed by atoms with van der Waals surface area (Å²) in [6, 6.07) is 12.2. The maximum absolute atomic E-state index is 12.3. The number of anilines is 1.